The first-order chi connectivity index (χ1) is 18.6. The van der Waals surface area contributed by atoms with Gasteiger partial charge in [-0.3, -0.25) is 4.79 Å². The molecule has 0 spiro atoms. The third kappa shape index (κ3) is 4.61. The second-order valence-corrected chi connectivity index (χ2v) is 11.2. The van der Waals surface area contributed by atoms with Gasteiger partial charge < -0.3 is 18.5 Å². The summed E-state index contributed by atoms with van der Waals surface area (Å²) >= 11 is 0. The number of rotatable bonds is 7. The van der Waals surface area contributed by atoms with Crippen molar-refractivity contribution in [2.24, 2.45) is 5.92 Å². The minimum atomic E-state index is -5.19. The number of ether oxygens (including phenoxy) is 1. The molecule has 0 bridgehead atoms. The van der Waals surface area contributed by atoms with Crippen molar-refractivity contribution in [3.05, 3.63) is 70.4 Å². The van der Waals surface area contributed by atoms with E-state index in [1.54, 1.807) is 18.2 Å². The van der Waals surface area contributed by atoms with Gasteiger partial charge in [0.25, 0.3) is 0 Å². The third-order valence-electron chi connectivity index (χ3n) is 6.84. The summed E-state index contributed by atoms with van der Waals surface area (Å²) in [6.45, 7) is 4.43. The molecule has 1 saturated carbocycles. The molecule has 0 amide bonds. The molecular formula is C30H25FN2O5S. The van der Waals surface area contributed by atoms with E-state index in [2.05, 4.69) is 19.7 Å². The fraction of sp³-hybridized carbons (Fsp3) is 0.233. The average Bonchev–Trinajstić information content (AvgIpc) is 3.65. The molecule has 0 radical (unpaired) electrons. The molecule has 198 valence electrons. The quantitative estimate of drug-likeness (QED) is 0.193. The van der Waals surface area contributed by atoms with Crippen LogP contribution in [0.3, 0.4) is 0 Å². The summed E-state index contributed by atoms with van der Waals surface area (Å²) in [4.78, 5) is 17.4. The van der Waals surface area contributed by atoms with Gasteiger partial charge in [-0.05, 0) is 60.7 Å². The van der Waals surface area contributed by atoms with Crippen LogP contribution in [0.4, 0.5) is 3.89 Å². The molecule has 3 aromatic carbocycles. The molecule has 39 heavy (non-hydrogen) atoms. The van der Waals surface area contributed by atoms with Crippen LogP contribution in [0.15, 0.2) is 59.4 Å². The Morgan fingerprint density at radius 3 is 2.62 bits per heavy atom. The number of fused-ring (bicyclic) bond motifs is 4. The lowest BCUT2D eigenvalue weighted by molar-refractivity contribution is 0.272. The minimum Gasteiger partial charge on any atom is -0.493 e. The molecule has 0 saturated heterocycles. The lowest BCUT2D eigenvalue weighted by atomic mass is 10.0. The number of hydrogen-bond donors (Lipinski definition) is 1. The van der Waals surface area contributed by atoms with E-state index in [9.17, 15) is 17.1 Å². The molecule has 1 N–H and O–H groups in total. The fourth-order valence-electron chi connectivity index (χ4n) is 5.03. The van der Waals surface area contributed by atoms with Gasteiger partial charge in [-0.1, -0.05) is 41.9 Å². The Morgan fingerprint density at radius 2 is 1.92 bits per heavy atom. The number of nitrogens with one attached hydrogen (secondary N) is 1. The zero-order valence-electron chi connectivity index (χ0n) is 21.3. The van der Waals surface area contributed by atoms with Crippen LogP contribution >= 0.6 is 0 Å². The molecule has 1 aliphatic rings. The first-order valence-corrected chi connectivity index (χ1v) is 14.0. The smallest absolute Gasteiger partial charge is 0.488 e. The Balaban J connectivity index is 1.67. The first kappa shape index (κ1) is 25.0. The summed E-state index contributed by atoms with van der Waals surface area (Å²) in [5.41, 5.74) is 4.00. The molecule has 7 nitrogen and oxygen atoms in total. The Kier molecular flexibility index (Phi) is 5.88. The molecule has 2 heterocycles. The second-order valence-electron chi connectivity index (χ2n) is 10.3. The van der Waals surface area contributed by atoms with Crippen molar-refractivity contribution in [3.63, 3.8) is 0 Å². The Morgan fingerprint density at radius 1 is 1.13 bits per heavy atom. The topological polar surface area (TPSA) is 90.4 Å². The van der Waals surface area contributed by atoms with E-state index in [1.165, 1.54) is 12.1 Å². The highest BCUT2D eigenvalue weighted by atomic mass is 32.3. The number of aromatic nitrogens is 2. The summed E-state index contributed by atoms with van der Waals surface area (Å²) < 4.78 is 48.3. The van der Waals surface area contributed by atoms with Crippen LogP contribution in [0.1, 0.15) is 38.3 Å². The average molecular weight is 545 g/mol. The van der Waals surface area contributed by atoms with Crippen molar-refractivity contribution in [1.29, 1.82) is 0 Å². The molecule has 1 aliphatic carbocycles. The predicted octanol–water partition coefficient (Wildman–Crippen LogP) is 6.25. The van der Waals surface area contributed by atoms with Crippen molar-refractivity contribution >= 4 is 43.3 Å². The summed E-state index contributed by atoms with van der Waals surface area (Å²) in [6, 6.07) is 15.5. The number of nitrogens with zero attached hydrogens (tertiary/aromatic N) is 1. The number of benzene rings is 3. The lowest BCUT2D eigenvalue weighted by Gasteiger charge is -2.18. The minimum absolute atomic E-state index is 0.127. The Bertz CT molecular complexity index is 2000. The van der Waals surface area contributed by atoms with Crippen LogP contribution in [0.2, 0.25) is 0 Å². The lowest BCUT2D eigenvalue weighted by Crippen LogP contribution is -2.12. The van der Waals surface area contributed by atoms with Gasteiger partial charge in [-0.15, -0.1) is 6.42 Å². The molecule has 6 rings (SSSR count). The van der Waals surface area contributed by atoms with E-state index in [0.717, 1.165) is 34.9 Å². The molecule has 1 fully saturated rings. The normalized spacial score (nSPS) is 13.8. The van der Waals surface area contributed by atoms with Crippen LogP contribution in [-0.4, -0.2) is 24.6 Å². The Hall–Kier alpha value is -4.29. The van der Waals surface area contributed by atoms with Crippen LogP contribution < -0.4 is 14.3 Å². The Labute approximate surface area is 224 Å². The first-order valence-electron chi connectivity index (χ1n) is 12.6. The van der Waals surface area contributed by atoms with E-state index < -0.39 is 10.5 Å². The third-order valence-corrected chi connectivity index (χ3v) is 7.23. The van der Waals surface area contributed by atoms with Crippen molar-refractivity contribution in [2.75, 3.05) is 6.61 Å². The van der Waals surface area contributed by atoms with Gasteiger partial charge >= 0.3 is 10.5 Å². The number of H-pyrrole nitrogens is 1. The van der Waals surface area contributed by atoms with E-state index in [4.69, 9.17) is 11.2 Å². The molecule has 0 aliphatic heterocycles. The maximum Gasteiger partial charge on any atom is 0.488 e. The number of terminal acetylenes is 1. The highest BCUT2D eigenvalue weighted by molar-refractivity contribution is 7.81. The van der Waals surface area contributed by atoms with Crippen LogP contribution in [0, 0.1) is 18.3 Å². The van der Waals surface area contributed by atoms with Crippen LogP contribution in [0.25, 0.3) is 44.0 Å². The second kappa shape index (κ2) is 9.17. The molecule has 5 aromatic rings. The van der Waals surface area contributed by atoms with Gasteiger partial charge in [0, 0.05) is 28.1 Å². The zero-order valence-corrected chi connectivity index (χ0v) is 22.1. The number of hydrogen-bond acceptors (Lipinski definition) is 5. The summed E-state index contributed by atoms with van der Waals surface area (Å²) in [5, 5.41) is 1.91. The van der Waals surface area contributed by atoms with Crippen molar-refractivity contribution in [2.45, 2.75) is 32.7 Å². The van der Waals surface area contributed by atoms with Crippen molar-refractivity contribution in [1.82, 2.24) is 9.55 Å². The summed E-state index contributed by atoms with van der Waals surface area (Å²) in [7, 11) is -5.19. The number of pyridine rings is 1. The van der Waals surface area contributed by atoms with E-state index in [0.29, 0.717) is 39.8 Å². The molecule has 0 atom stereocenters. The van der Waals surface area contributed by atoms with Gasteiger partial charge in [0.15, 0.2) is 5.43 Å². The maximum atomic E-state index is 14.0. The van der Waals surface area contributed by atoms with Crippen LogP contribution in [-0.2, 0) is 10.5 Å². The molecular weight excluding hydrogens is 519 g/mol. The highest BCUT2D eigenvalue weighted by Crippen LogP contribution is 2.43. The maximum absolute atomic E-state index is 14.0. The number of aromatic amines is 1. The number of halogens is 1. The van der Waals surface area contributed by atoms with E-state index in [1.807, 2.05) is 38.1 Å². The zero-order chi connectivity index (χ0) is 27.5. The highest BCUT2D eigenvalue weighted by Gasteiger charge is 2.29. The molecule has 0 unspecified atom stereocenters. The van der Waals surface area contributed by atoms with Crippen LogP contribution in [0.5, 0.6) is 11.5 Å². The predicted molar refractivity (Wildman–Crippen MR) is 150 cm³/mol. The SMILES string of the molecule is C#Cc1ccc2c(c1)[nH]c1c2c(=O)c2cc(OCC(C)C)c(-c3cccc(OS(=O)(=O)F)c3)cc2n1C1CC1. The largest absolute Gasteiger partial charge is 0.493 e. The molecule has 9 heteroatoms. The van der Waals surface area contributed by atoms with Gasteiger partial charge in [-0.2, -0.15) is 8.42 Å². The van der Waals surface area contributed by atoms with E-state index in [-0.39, 0.29) is 23.1 Å². The van der Waals surface area contributed by atoms with Gasteiger partial charge in [0.2, 0.25) is 0 Å². The van der Waals surface area contributed by atoms with Gasteiger partial charge in [0.1, 0.15) is 17.1 Å². The van der Waals surface area contributed by atoms with Crippen molar-refractivity contribution < 1.29 is 21.2 Å². The van der Waals surface area contributed by atoms with Gasteiger partial charge in [-0.25, -0.2) is 0 Å². The standard InChI is InChI=1S/C30H25FN2O5S/c1-4-18-8-11-22-25(12-18)32-30-28(22)29(34)24-15-27(37-16-17(2)3)23(14-26(24)33(30)20-9-10-20)19-6-5-7-21(13-19)38-39(31,35)36/h1,5-8,11-15,17,20,32H,9-10,16H2,2-3H3. The monoisotopic (exact) mass is 544 g/mol. The van der Waals surface area contributed by atoms with E-state index >= 15 is 0 Å². The fourth-order valence-corrected chi connectivity index (χ4v) is 5.37. The summed E-state index contributed by atoms with van der Waals surface area (Å²) in [5.74, 6) is 3.15. The van der Waals surface area contributed by atoms with Crippen molar-refractivity contribution in [3.8, 4) is 35.0 Å². The molecule has 2 aromatic heterocycles. The summed E-state index contributed by atoms with van der Waals surface area (Å²) in [6.07, 6.45) is 7.55. The van der Waals surface area contributed by atoms with Gasteiger partial charge in [0.05, 0.1) is 22.9 Å².